The Labute approximate surface area is 107 Å². The van der Waals surface area contributed by atoms with Crippen LogP contribution in [0.1, 0.15) is 10.4 Å². The number of likely N-dealkylation sites (N-methyl/N-ethyl adjacent to an activating group) is 1. The molecule has 1 saturated heterocycles. The zero-order valence-electron chi connectivity index (χ0n) is 10.7. The number of phenolic OH excluding ortho intramolecular Hbond substituents is 1. The SMILES string of the molecule is COc1cc(O)ccc1C(=O)N1CCN(C)CC1. The van der Waals surface area contributed by atoms with Crippen LogP contribution in [0.4, 0.5) is 0 Å². The highest BCUT2D eigenvalue weighted by Crippen LogP contribution is 2.25. The van der Waals surface area contributed by atoms with Crippen molar-refractivity contribution in [3.63, 3.8) is 0 Å². The van der Waals surface area contributed by atoms with Crippen molar-refractivity contribution < 1.29 is 14.6 Å². The standard InChI is InChI=1S/C13H18N2O3/c1-14-5-7-15(8-6-14)13(17)11-4-3-10(16)9-12(11)18-2/h3-4,9,16H,5-8H2,1-2H3. The Morgan fingerprint density at radius 2 is 1.94 bits per heavy atom. The highest BCUT2D eigenvalue weighted by molar-refractivity contribution is 5.97. The van der Waals surface area contributed by atoms with Crippen LogP contribution in [0.2, 0.25) is 0 Å². The van der Waals surface area contributed by atoms with Gasteiger partial charge in [-0.3, -0.25) is 4.79 Å². The fourth-order valence-electron chi connectivity index (χ4n) is 2.04. The molecule has 1 N–H and O–H groups in total. The van der Waals surface area contributed by atoms with Gasteiger partial charge in [-0.15, -0.1) is 0 Å². The fraction of sp³-hybridized carbons (Fsp3) is 0.462. The minimum absolute atomic E-state index is 0.0417. The average Bonchev–Trinajstić information content (AvgIpc) is 2.38. The summed E-state index contributed by atoms with van der Waals surface area (Å²) in [4.78, 5) is 16.3. The lowest BCUT2D eigenvalue weighted by atomic mass is 10.1. The molecule has 0 spiro atoms. The second-order valence-electron chi connectivity index (χ2n) is 4.48. The Kier molecular flexibility index (Phi) is 3.72. The van der Waals surface area contributed by atoms with E-state index in [0.29, 0.717) is 11.3 Å². The molecule has 1 amide bonds. The number of amides is 1. The third-order valence-corrected chi connectivity index (χ3v) is 3.21. The topological polar surface area (TPSA) is 53.0 Å². The molecule has 1 aliphatic heterocycles. The van der Waals surface area contributed by atoms with E-state index >= 15 is 0 Å². The number of hydrogen-bond acceptors (Lipinski definition) is 4. The Morgan fingerprint density at radius 1 is 1.28 bits per heavy atom. The highest BCUT2D eigenvalue weighted by Gasteiger charge is 2.22. The van der Waals surface area contributed by atoms with Gasteiger partial charge in [0.1, 0.15) is 11.5 Å². The molecule has 0 saturated carbocycles. The van der Waals surface area contributed by atoms with Gasteiger partial charge in [0, 0.05) is 32.2 Å². The summed E-state index contributed by atoms with van der Waals surface area (Å²) in [7, 11) is 3.54. The molecule has 0 unspecified atom stereocenters. The quantitative estimate of drug-likeness (QED) is 0.843. The number of hydrogen-bond donors (Lipinski definition) is 1. The first-order valence-corrected chi connectivity index (χ1v) is 5.96. The van der Waals surface area contributed by atoms with Crippen molar-refractivity contribution in [2.24, 2.45) is 0 Å². The molecule has 1 aromatic carbocycles. The molecule has 0 radical (unpaired) electrons. The van der Waals surface area contributed by atoms with E-state index in [1.54, 1.807) is 6.07 Å². The first-order chi connectivity index (χ1) is 8.61. The summed E-state index contributed by atoms with van der Waals surface area (Å²) in [5, 5.41) is 9.38. The molecule has 5 nitrogen and oxygen atoms in total. The largest absolute Gasteiger partial charge is 0.508 e. The number of phenols is 1. The smallest absolute Gasteiger partial charge is 0.257 e. The molecule has 18 heavy (non-hydrogen) atoms. The fourth-order valence-corrected chi connectivity index (χ4v) is 2.04. The normalized spacial score (nSPS) is 16.7. The molecule has 0 bridgehead atoms. The zero-order valence-corrected chi connectivity index (χ0v) is 10.7. The monoisotopic (exact) mass is 250 g/mol. The third kappa shape index (κ3) is 2.56. The van der Waals surface area contributed by atoms with E-state index in [-0.39, 0.29) is 11.7 Å². The van der Waals surface area contributed by atoms with Crippen LogP contribution in [0.25, 0.3) is 0 Å². The Bertz CT molecular complexity index is 440. The van der Waals surface area contributed by atoms with Crippen LogP contribution in [0, 0.1) is 0 Å². The van der Waals surface area contributed by atoms with Crippen LogP contribution in [-0.2, 0) is 0 Å². The van der Waals surface area contributed by atoms with Crippen molar-refractivity contribution in [1.82, 2.24) is 9.80 Å². The summed E-state index contributed by atoms with van der Waals surface area (Å²) in [5.41, 5.74) is 0.500. The van der Waals surface area contributed by atoms with Crippen LogP contribution in [0.15, 0.2) is 18.2 Å². The summed E-state index contributed by atoms with van der Waals surface area (Å²) >= 11 is 0. The summed E-state index contributed by atoms with van der Waals surface area (Å²) < 4.78 is 5.14. The van der Waals surface area contributed by atoms with Crippen molar-refractivity contribution in [3.05, 3.63) is 23.8 Å². The Morgan fingerprint density at radius 3 is 2.56 bits per heavy atom. The van der Waals surface area contributed by atoms with Gasteiger partial charge in [0.15, 0.2) is 0 Å². The predicted octanol–water partition coefficient (Wildman–Crippen LogP) is 0.788. The van der Waals surface area contributed by atoms with Gasteiger partial charge in [-0.2, -0.15) is 0 Å². The van der Waals surface area contributed by atoms with Crippen LogP contribution in [0.5, 0.6) is 11.5 Å². The first-order valence-electron chi connectivity index (χ1n) is 5.96. The van der Waals surface area contributed by atoms with E-state index in [1.165, 1.54) is 19.2 Å². The Hall–Kier alpha value is -1.75. The first kappa shape index (κ1) is 12.7. The molecule has 98 valence electrons. The van der Waals surface area contributed by atoms with Gasteiger partial charge in [-0.1, -0.05) is 0 Å². The predicted molar refractivity (Wildman–Crippen MR) is 68.1 cm³/mol. The van der Waals surface area contributed by atoms with Gasteiger partial charge in [-0.05, 0) is 19.2 Å². The van der Waals surface area contributed by atoms with Gasteiger partial charge in [0.05, 0.1) is 12.7 Å². The lowest BCUT2D eigenvalue weighted by Crippen LogP contribution is -2.47. The minimum Gasteiger partial charge on any atom is -0.508 e. The second kappa shape index (κ2) is 5.27. The van der Waals surface area contributed by atoms with Gasteiger partial charge < -0.3 is 19.6 Å². The number of piperazine rings is 1. The molecule has 1 aromatic rings. The summed E-state index contributed by atoms with van der Waals surface area (Å²) in [5.74, 6) is 0.473. The number of ether oxygens (including phenoxy) is 1. The van der Waals surface area contributed by atoms with Crippen molar-refractivity contribution in [2.75, 3.05) is 40.3 Å². The van der Waals surface area contributed by atoms with Crippen molar-refractivity contribution in [3.8, 4) is 11.5 Å². The van der Waals surface area contributed by atoms with Crippen molar-refractivity contribution in [1.29, 1.82) is 0 Å². The van der Waals surface area contributed by atoms with Crippen molar-refractivity contribution in [2.45, 2.75) is 0 Å². The van der Waals surface area contributed by atoms with E-state index in [1.807, 2.05) is 11.9 Å². The maximum atomic E-state index is 12.3. The number of nitrogens with zero attached hydrogens (tertiary/aromatic N) is 2. The van der Waals surface area contributed by atoms with E-state index in [4.69, 9.17) is 4.74 Å². The van der Waals surface area contributed by atoms with E-state index in [9.17, 15) is 9.90 Å². The molecular formula is C13H18N2O3. The number of carbonyl (C=O) groups excluding carboxylic acids is 1. The van der Waals surface area contributed by atoms with Crippen LogP contribution in [0.3, 0.4) is 0 Å². The van der Waals surface area contributed by atoms with E-state index < -0.39 is 0 Å². The highest BCUT2D eigenvalue weighted by atomic mass is 16.5. The average molecular weight is 250 g/mol. The van der Waals surface area contributed by atoms with Crippen LogP contribution in [-0.4, -0.2) is 61.2 Å². The molecule has 0 aromatic heterocycles. The summed E-state index contributed by atoms with van der Waals surface area (Å²) in [6.45, 7) is 3.21. The second-order valence-corrected chi connectivity index (χ2v) is 4.48. The Balaban J connectivity index is 2.18. The summed E-state index contributed by atoms with van der Waals surface area (Å²) in [6, 6.07) is 4.57. The van der Waals surface area contributed by atoms with E-state index in [2.05, 4.69) is 4.90 Å². The molecule has 0 aliphatic carbocycles. The van der Waals surface area contributed by atoms with Crippen LogP contribution >= 0.6 is 0 Å². The molecule has 1 heterocycles. The molecular weight excluding hydrogens is 232 g/mol. The minimum atomic E-state index is -0.0417. The third-order valence-electron chi connectivity index (χ3n) is 3.21. The molecule has 0 atom stereocenters. The maximum absolute atomic E-state index is 12.3. The molecule has 1 fully saturated rings. The van der Waals surface area contributed by atoms with Gasteiger partial charge in [0.25, 0.3) is 5.91 Å². The number of carbonyl (C=O) groups is 1. The van der Waals surface area contributed by atoms with Gasteiger partial charge >= 0.3 is 0 Å². The molecule has 5 heteroatoms. The zero-order chi connectivity index (χ0) is 13.1. The molecule has 1 aliphatic rings. The lowest BCUT2D eigenvalue weighted by Gasteiger charge is -2.32. The van der Waals surface area contributed by atoms with Crippen LogP contribution < -0.4 is 4.74 Å². The lowest BCUT2D eigenvalue weighted by molar-refractivity contribution is 0.0661. The van der Waals surface area contributed by atoms with Gasteiger partial charge in [0.2, 0.25) is 0 Å². The van der Waals surface area contributed by atoms with E-state index in [0.717, 1.165) is 26.2 Å². The number of benzene rings is 1. The number of rotatable bonds is 2. The number of aromatic hydroxyl groups is 1. The summed E-state index contributed by atoms with van der Waals surface area (Å²) in [6.07, 6.45) is 0. The molecule has 2 rings (SSSR count). The van der Waals surface area contributed by atoms with Gasteiger partial charge in [-0.25, -0.2) is 0 Å². The number of methoxy groups -OCH3 is 1. The van der Waals surface area contributed by atoms with Crippen molar-refractivity contribution >= 4 is 5.91 Å². The maximum Gasteiger partial charge on any atom is 0.257 e.